The zero-order valence-electron chi connectivity index (χ0n) is 9.87. The second kappa shape index (κ2) is 3.84. The monoisotopic (exact) mass is 241 g/mol. The molecule has 0 unspecified atom stereocenters. The van der Waals surface area contributed by atoms with Crippen LogP contribution in [0.3, 0.4) is 0 Å². The van der Waals surface area contributed by atoms with Gasteiger partial charge in [-0.1, -0.05) is 6.07 Å². The number of nitrogen functional groups attached to an aromatic ring is 1. The van der Waals surface area contributed by atoms with E-state index in [0.29, 0.717) is 17.1 Å². The largest absolute Gasteiger partial charge is 0.399 e. The number of aromatic nitrogens is 2. The number of aryl methyl sites for hydroxylation is 1. The van der Waals surface area contributed by atoms with Gasteiger partial charge < -0.3 is 10.7 Å². The number of H-pyrrole nitrogens is 1. The highest BCUT2D eigenvalue weighted by atomic mass is 19.1. The van der Waals surface area contributed by atoms with Crippen molar-refractivity contribution in [3.8, 4) is 11.4 Å². The molecular weight excluding hydrogens is 229 g/mol. The van der Waals surface area contributed by atoms with Crippen LogP contribution in [0, 0.1) is 12.7 Å². The summed E-state index contributed by atoms with van der Waals surface area (Å²) in [6.45, 7) is 2.00. The number of aromatic amines is 1. The van der Waals surface area contributed by atoms with Gasteiger partial charge in [0.05, 0.1) is 16.6 Å². The molecule has 1 heterocycles. The maximum Gasteiger partial charge on any atom is 0.141 e. The number of nitrogens with zero attached hydrogens (tertiary/aromatic N) is 1. The van der Waals surface area contributed by atoms with Crippen LogP contribution in [0.1, 0.15) is 5.56 Å². The number of nitrogens with one attached hydrogen (secondary N) is 1. The second-order valence-electron chi connectivity index (χ2n) is 4.35. The Morgan fingerprint density at radius 1 is 1.17 bits per heavy atom. The van der Waals surface area contributed by atoms with Gasteiger partial charge in [0.15, 0.2) is 0 Å². The second-order valence-corrected chi connectivity index (χ2v) is 4.35. The van der Waals surface area contributed by atoms with Gasteiger partial charge in [-0.2, -0.15) is 0 Å². The maximum atomic E-state index is 13.8. The molecule has 0 saturated carbocycles. The molecule has 2 aromatic carbocycles. The normalized spacial score (nSPS) is 11.0. The maximum absolute atomic E-state index is 13.8. The van der Waals surface area contributed by atoms with Crippen LogP contribution in [0.25, 0.3) is 22.4 Å². The van der Waals surface area contributed by atoms with Crippen molar-refractivity contribution < 1.29 is 4.39 Å². The van der Waals surface area contributed by atoms with Gasteiger partial charge in [-0.05, 0) is 42.8 Å². The Hall–Kier alpha value is -2.36. The molecule has 90 valence electrons. The van der Waals surface area contributed by atoms with Crippen LogP contribution in [-0.4, -0.2) is 9.97 Å². The lowest BCUT2D eigenvalue weighted by molar-refractivity contribution is 0.631. The van der Waals surface area contributed by atoms with E-state index >= 15 is 0 Å². The summed E-state index contributed by atoms with van der Waals surface area (Å²) < 4.78 is 13.8. The van der Waals surface area contributed by atoms with E-state index in [-0.39, 0.29) is 5.82 Å². The first-order chi connectivity index (χ1) is 8.63. The molecule has 3 rings (SSSR count). The third-order valence-electron chi connectivity index (χ3n) is 2.89. The van der Waals surface area contributed by atoms with Gasteiger partial charge in [0.25, 0.3) is 0 Å². The van der Waals surface area contributed by atoms with Gasteiger partial charge in [0.1, 0.15) is 11.6 Å². The van der Waals surface area contributed by atoms with Crippen molar-refractivity contribution in [2.75, 3.05) is 5.73 Å². The van der Waals surface area contributed by atoms with Crippen LogP contribution < -0.4 is 5.73 Å². The fourth-order valence-electron chi connectivity index (χ4n) is 1.97. The average Bonchev–Trinajstić information content (AvgIpc) is 2.71. The standard InChI is InChI=1S/C14H12FN3/c1-8-2-5-12-13(6-8)18-14(17-12)10-4-3-9(16)7-11(10)15/h2-7H,16H2,1H3,(H,17,18). The summed E-state index contributed by atoms with van der Waals surface area (Å²) in [5.74, 6) is 0.152. The van der Waals surface area contributed by atoms with Gasteiger partial charge in [-0.15, -0.1) is 0 Å². The zero-order valence-corrected chi connectivity index (χ0v) is 9.87. The fraction of sp³-hybridized carbons (Fsp3) is 0.0714. The summed E-state index contributed by atoms with van der Waals surface area (Å²) in [5.41, 5.74) is 9.23. The SMILES string of the molecule is Cc1ccc2nc(-c3ccc(N)cc3F)[nH]c2c1. The topological polar surface area (TPSA) is 54.7 Å². The number of halogens is 1. The molecule has 0 spiro atoms. The lowest BCUT2D eigenvalue weighted by atomic mass is 10.2. The van der Waals surface area contributed by atoms with E-state index in [4.69, 9.17) is 5.73 Å². The minimum atomic E-state index is -0.370. The van der Waals surface area contributed by atoms with Crippen LogP contribution in [0.4, 0.5) is 10.1 Å². The van der Waals surface area contributed by atoms with E-state index in [2.05, 4.69) is 9.97 Å². The third-order valence-corrected chi connectivity index (χ3v) is 2.89. The number of hydrogen-bond acceptors (Lipinski definition) is 2. The number of anilines is 1. The molecule has 3 N–H and O–H groups in total. The Morgan fingerprint density at radius 2 is 2.00 bits per heavy atom. The molecule has 18 heavy (non-hydrogen) atoms. The predicted octanol–water partition coefficient (Wildman–Crippen LogP) is 3.26. The number of rotatable bonds is 1. The molecule has 4 heteroatoms. The van der Waals surface area contributed by atoms with Crippen molar-refractivity contribution in [3.63, 3.8) is 0 Å². The van der Waals surface area contributed by atoms with Crippen molar-refractivity contribution in [2.45, 2.75) is 6.92 Å². The summed E-state index contributed by atoms with van der Waals surface area (Å²) in [4.78, 5) is 7.50. The smallest absolute Gasteiger partial charge is 0.141 e. The predicted molar refractivity (Wildman–Crippen MR) is 70.6 cm³/mol. The molecule has 0 saturated heterocycles. The molecule has 0 amide bonds. The van der Waals surface area contributed by atoms with E-state index in [0.717, 1.165) is 16.6 Å². The molecule has 0 aliphatic carbocycles. The molecule has 0 atom stereocenters. The Balaban J connectivity index is 2.19. The van der Waals surface area contributed by atoms with Gasteiger partial charge in [-0.25, -0.2) is 9.37 Å². The molecule has 0 bridgehead atoms. The van der Waals surface area contributed by atoms with Crippen molar-refractivity contribution in [2.24, 2.45) is 0 Å². The number of fused-ring (bicyclic) bond motifs is 1. The Kier molecular flexibility index (Phi) is 2.30. The van der Waals surface area contributed by atoms with E-state index in [1.807, 2.05) is 25.1 Å². The highest BCUT2D eigenvalue weighted by Crippen LogP contribution is 2.24. The summed E-state index contributed by atoms with van der Waals surface area (Å²) in [6.07, 6.45) is 0. The summed E-state index contributed by atoms with van der Waals surface area (Å²) >= 11 is 0. The average molecular weight is 241 g/mol. The number of benzene rings is 2. The van der Waals surface area contributed by atoms with Crippen molar-refractivity contribution in [3.05, 3.63) is 47.8 Å². The third kappa shape index (κ3) is 1.72. The molecule has 3 nitrogen and oxygen atoms in total. The molecule has 0 aliphatic rings. The summed E-state index contributed by atoms with van der Waals surface area (Å²) in [6, 6.07) is 10.5. The van der Waals surface area contributed by atoms with Crippen molar-refractivity contribution >= 4 is 16.7 Å². The Labute approximate surface area is 103 Å². The van der Waals surface area contributed by atoms with Gasteiger partial charge in [0, 0.05) is 5.69 Å². The first-order valence-electron chi connectivity index (χ1n) is 5.65. The van der Waals surface area contributed by atoms with Gasteiger partial charge >= 0.3 is 0 Å². The quantitative estimate of drug-likeness (QED) is 0.642. The first-order valence-corrected chi connectivity index (χ1v) is 5.65. The Morgan fingerprint density at radius 3 is 2.78 bits per heavy atom. The van der Waals surface area contributed by atoms with Crippen molar-refractivity contribution in [1.82, 2.24) is 9.97 Å². The lowest BCUT2D eigenvalue weighted by Gasteiger charge is -2.00. The zero-order chi connectivity index (χ0) is 12.7. The molecule has 3 aromatic rings. The Bertz CT molecular complexity index is 731. The highest BCUT2D eigenvalue weighted by molar-refractivity contribution is 5.80. The lowest BCUT2D eigenvalue weighted by Crippen LogP contribution is -1.90. The minimum Gasteiger partial charge on any atom is -0.399 e. The summed E-state index contributed by atoms with van der Waals surface area (Å²) in [5, 5.41) is 0. The van der Waals surface area contributed by atoms with Crippen LogP contribution in [-0.2, 0) is 0 Å². The molecule has 1 aromatic heterocycles. The first kappa shape index (κ1) is 10.8. The fourth-order valence-corrected chi connectivity index (χ4v) is 1.97. The van der Waals surface area contributed by atoms with E-state index in [1.165, 1.54) is 6.07 Å². The van der Waals surface area contributed by atoms with E-state index < -0.39 is 0 Å². The summed E-state index contributed by atoms with van der Waals surface area (Å²) in [7, 11) is 0. The molecule has 0 aliphatic heterocycles. The van der Waals surface area contributed by atoms with E-state index in [9.17, 15) is 4.39 Å². The van der Waals surface area contributed by atoms with Gasteiger partial charge in [-0.3, -0.25) is 0 Å². The van der Waals surface area contributed by atoms with Crippen LogP contribution in [0.5, 0.6) is 0 Å². The number of nitrogens with two attached hydrogens (primary N) is 1. The molecular formula is C14H12FN3. The van der Waals surface area contributed by atoms with Crippen LogP contribution >= 0.6 is 0 Å². The molecule has 0 radical (unpaired) electrons. The van der Waals surface area contributed by atoms with Gasteiger partial charge in [0.2, 0.25) is 0 Å². The van der Waals surface area contributed by atoms with Crippen LogP contribution in [0.15, 0.2) is 36.4 Å². The van der Waals surface area contributed by atoms with Crippen molar-refractivity contribution in [1.29, 1.82) is 0 Å². The van der Waals surface area contributed by atoms with E-state index in [1.54, 1.807) is 12.1 Å². The number of hydrogen-bond donors (Lipinski definition) is 2. The van der Waals surface area contributed by atoms with Crippen LogP contribution in [0.2, 0.25) is 0 Å². The number of imidazole rings is 1. The minimum absolute atomic E-state index is 0.370. The highest BCUT2D eigenvalue weighted by Gasteiger charge is 2.10. The molecule has 0 fully saturated rings.